The van der Waals surface area contributed by atoms with Crippen molar-refractivity contribution < 1.29 is 19.1 Å². The molecule has 0 aromatic heterocycles. The summed E-state index contributed by atoms with van der Waals surface area (Å²) in [6, 6.07) is 0. The maximum atomic E-state index is 11.6. The number of ether oxygens (including phenoxy) is 1. The van der Waals surface area contributed by atoms with Gasteiger partial charge in [-0.15, -0.1) is 0 Å². The molecule has 0 aromatic carbocycles. The molecule has 6 heteroatoms. The maximum Gasteiger partial charge on any atom is 0.305 e. The molecule has 20 heavy (non-hydrogen) atoms. The highest BCUT2D eigenvalue weighted by Gasteiger charge is 2.20. The van der Waals surface area contributed by atoms with Gasteiger partial charge in [0, 0.05) is 31.3 Å². The van der Waals surface area contributed by atoms with Gasteiger partial charge in [-0.05, 0) is 12.8 Å². The number of nitrogens with one attached hydrogen (secondary N) is 2. The summed E-state index contributed by atoms with van der Waals surface area (Å²) in [5.74, 6) is -0.361. The minimum atomic E-state index is -0.407. The van der Waals surface area contributed by atoms with Gasteiger partial charge < -0.3 is 15.4 Å². The molecule has 0 aliphatic rings. The summed E-state index contributed by atoms with van der Waals surface area (Å²) in [6.07, 6.45) is 1.84. The third-order valence-electron chi connectivity index (χ3n) is 2.65. The molecule has 0 radical (unpaired) electrons. The predicted octanol–water partition coefficient (Wildman–Crippen LogP) is 0.998. The van der Waals surface area contributed by atoms with E-state index in [0.717, 1.165) is 0 Å². The van der Waals surface area contributed by atoms with Crippen LogP contribution in [-0.2, 0) is 19.1 Å². The van der Waals surface area contributed by atoms with Gasteiger partial charge in [-0.2, -0.15) is 0 Å². The van der Waals surface area contributed by atoms with Gasteiger partial charge in [-0.3, -0.25) is 14.4 Å². The number of rotatable bonds is 8. The standard InChI is InChI=1S/C14H26N2O4/c1-14(2,3)13(19)16-10-5-7-11(17)15-9-6-8-12(18)20-4/h5-10H2,1-4H3,(H,15,17)(H,16,19). The lowest BCUT2D eigenvalue weighted by Crippen LogP contribution is -2.35. The summed E-state index contributed by atoms with van der Waals surface area (Å²) in [5, 5.41) is 5.51. The zero-order valence-corrected chi connectivity index (χ0v) is 12.9. The van der Waals surface area contributed by atoms with Crippen molar-refractivity contribution in [1.82, 2.24) is 10.6 Å². The van der Waals surface area contributed by atoms with Crippen molar-refractivity contribution in [2.24, 2.45) is 5.41 Å². The molecule has 2 amide bonds. The number of esters is 1. The van der Waals surface area contributed by atoms with Crippen molar-refractivity contribution in [1.29, 1.82) is 0 Å². The van der Waals surface area contributed by atoms with E-state index >= 15 is 0 Å². The fourth-order valence-electron chi connectivity index (χ4n) is 1.37. The Morgan fingerprint density at radius 1 is 0.950 bits per heavy atom. The van der Waals surface area contributed by atoms with E-state index in [4.69, 9.17) is 0 Å². The van der Waals surface area contributed by atoms with Crippen molar-refractivity contribution >= 4 is 17.8 Å². The first kappa shape index (κ1) is 18.4. The molecule has 0 bridgehead atoms. The monoisotopic (exact) mass is 286 g/mol. The van der Waals surface area contributed by atoms with E-state index in [9.17, 15) is 14.4 Å². The van der Waals surface area contributed by atoms with Crippen molar-refractivity contribution in [3.63, 3.8) is 0 Å². The Morgan fingerprint density at radius 3 is 2.05 bits per heavy atom. The Labute approximate surface area is 120 Å². The molecule has 0 aliphatic carbocycles. The molecule has 0 rings (SSSR count). The molecule has 0 atom stereocenters. The molecule has 6 nitrogen and oxygen atoms in total. The Balaban J connectivity index is 3.55. The molecule has 0 unspecified atom stereocenters. The smallest absolute Gasteiger partial charge is 0.305 e. The van der Waals surface area contributed by atoms with Gasteiger partial charge in [0.25, 0.3) is 0 Å². The SMILES string of the molecule is COC(=O)CCCNC(=O)CCCNC(=O)C(C)(C)C. The van der Waals surface area contributed by atoms with Crippen LogP contribution in [-0.4, -0.2) is 38.0 Å². The van der Waals surface area contributed by atoms with Crippen molar-refractivity contribution in [2.75, 3.05) is 20.2 Å². The summed E-state index contributed by atoms with van der Waals surface area (Å²) in [4.78, 5) is 33.9. The highest BCUT2D eigenvalue weighted by atomic mass is 16.5. The van der Waals surface area contributed by atoms with Gasteiger partial charge in [-0.1, -0.05) is 20.8 Å². The topological polar surface area (TPSA) is 84.5 Å². The fourth-order valence-corrected chi connectivity index (χ4v) is 1.37. The molecule has 2 N–H and O–H groups in total. The van der Waals surface area contributed by atoms with Crippen LogP contribution in [0.5, 0.6) is 0 Å². The molecule has 0 fully saturated rings. The van der Waals surface area contributed by atoms with Crippen LogP contribution < -0.4 is 10.6 Å². The average Bonchev–Trinajstić information content (AvgIpc) is 2.37. The van der Waals surface area contributed by atoms with Crippen molar-refractivity contribution in [2.45, 2.75) is 46.5 Å². The minimum Gasteiger partial charge on any atom is -0.469 e. The highest BCUT2D eigenvalue weighted by Crippen LogP contribution is 2.12. The van der Waals surface area contributed by atoms with Crippen LogP contribution in [0.15, 0.2) is 0 Å². The summed E-state index contributed by atoms with van der Waals surface area (Å²) >= 11 is 0. The fraction of sp³-hybridized carbons (Fsp3) is 0.786. The van der Waals surface area contributed by atoms with E-state index in [2.05, 4.69) is 15.4 Å². The van der Waals surface area contributed by atoms with Gasteiger partial charge >= 0.3 is 5.97 Å². The molecule has 0 aliphatic heterocycles. The Kier molecular flexibility index (Phi) is 8.59. The van der Waals surface area contributed by atoms with E-state index in [-0.39, 0.29) is 17.8 Å². The lowest BCUT2D eigenvalue weighted by atomic mass is 9.96. The largest absolute Gasteiger partial charge is 0.469 e. The Morgan fingerprint density at radius 2 is 1.50 bits per heavy atom. The zero-order chi connectivity index (χ0) is 15.6. The van der Waals surface area contributed by atoms with Crippen molar-refractivity contribution in [3.05, 3.63) is 0 Å². The summed E-state index contributed by atoms with van der Waals surface area (Å²) < 4.78 is 4.49. The molecule has 0 aromatic rings. The lowest BCUT2D eigenvalue weighted by Gasteiger charge is -2.17. The van der Waals surface area contributed by atoms with E-state index in [1.54, 1.807) is 0 Å². The summed E-state index contributed by atoms with van der Waals surface area (Å²) in [7, 11) is 1.34. The molecule has 0 saturated carbocycles. The number of carbonyl (C=O) groups is 3. The number of methoxy groups -OCH3 is 1. The molecule has 0 heterocycles. The minimum absolute atomic E-state index is 0.0176. The first-order valence-corrected chi connectivity index (χ1v) is 6.89. The first-order valence-electron chi connectivity index (χ1n) is 6.89. The van der Waals surface area contributed by atoms with E-state index < -0.39 is 5.41 Å². The first-order chi connectivity index (χ1) is 9.27. The van der Waals surface area contributed by atoms with Crippen LogP contribution in [0.1, 0.15) is 46.5 Å². The predicted molar refractivity (Wildman–Crippen MR) is 76.0 cm³/mol. The van der Waals surface area contributed by atoms with Crippen LogP contribution >= 0.6 is 0 Å². The summed E-state index contributed by atoms with van der Waals surface area (Å²) in [5.41, 5.74) is -0.407. The normalized spacial score (nSPS) is 10.8. The lowest BCUT2D eigenvalue weighted by molar-refractivity contribution is -0.140. The molecular formula is C14H26N2O4. The molecule has 0 spiro atoms. The van der Waals surface area contributed by atoms with E-state index in [1.807, 2.05) is 20.8 Å². The van der Waals surface area contributed by atoms with Crippen LogP contribution in [0.2, 0.25) is 0 Å². The van der Waals surface area contributed by atoms with Gasteiger partial charge in [0.2, 0.25) is 11.8 Å². The number of hydrogen-bond acceptors (Lipinski definition) is 4. The van der Waals surface area contributed by atoms with Gasteiger partial charge in [0.15, 0.2) is 0 Å². The van der Waals surface area contributed by atoms with Gasteiger partial charge in [-0.25, -0.2) is 0 Å². The number of amides is 2. The number of carbonyl (C=O) groups excluding carboxylic acids is 3. The Hall–Kier alpha value is -1.59. The van der Waals surface area contributed by atoms with Crippen LogP contribution in [0, 0.1) is 5.41 Å². The van der Waals surface area contributed by atoms with Crippen molar-refractivity contribution in [3.8, 4) is 0 Å². The summed E-state index contributed by atoms with van der Waals surface area (Å²) in [6.45, 7) is 6.48. The molecule has 0 saturated heterocycles. The quantitative estimate of drug-likeness (QED) is 0.515. The molecule has 116 valence electrons. The second-order valence-electron chi connectivity index (χ2n) is 5.64. The van der Waals surface area contributed by atoms with Gasteiger partial charge in [0.05, 0.1) is 7.11 Å². The van der Waals surface area contributed by atoms with E-state index in [0.29, 0.717) is 38.8 Å². The second kappa shape index (κ2) is 9.34. The van der Waals surface area contributed by atoms with Crippen LogP contribution in [0.3, 0.4) is 0 Å². The van der Waals surface area contributed by atoms with Gasteiger partial charge in [0.1, 0.15) is 0 Å². The average molecular weight is 286 g/mol. The second-order valence-corrected chi connectivity index (χ2v) is 5.64. The molecular weight excluding hydrogens is 260 g/mol. The van der Waals surface area contributed by atoms with Crippen LogP contribution in [0.4, 0.5) is 0 Å². The highest BCUT2D eigenvalue weighted by molar-refractivity contribution is 5.81. The maximum absolute atomic E-state index is 11.6. The van der Waals surface area contributed by atoms with E-state index in [1.165, 1.54) is 7.11 Å². The third-order valence-corrected chi connectivity index (χ3v) is 2.65. The number of hydrogen-bond donors (Lipinski definition) is 2. The third kappa shape index (κ3) is 9.35. The van der Waals surface area contributed by atoms with Crippen LogP contribution in [0.25, 0.3) is 0 Å². The zero-order valence-electron chi connectivity index (χ0n) is 12.9. The Bertz CT molecular complexity index is 335.